The fourth-order valence-electron chi connectivity index (χ4n) is 2.19. The molecule has 0 saturated heterocycles. The van der Waals surface area contributed by atoms with Gasteiger partial charge in [-0.05, 0) is 42.2 Å². The molecule has 0 aromatic carbocycles. The largest absolute Gasteiger partial charge is 0.369 e. The van der Waals surface area contributed by atoms with Crippen LogP contribution in [-0.2, 0) is 6.54 Å². The highest BCUT2D eigenvalue weighted by molar-refractivity contribution is 7.07. The lowest BCUT2D eigenvalue weighted by Gasteiger charge is -2.21. The predicted molar refractivity (Wildman–Crippen MR) is 83.4 cm³/mol. The van der Waals surface area contributed by atoms with Crippen LogP contribution in [0.1, 0.15) is 35.8 Å². The molecule has 1 aliphatic rings. The number of rotatable bonds is 6. The molecule has 5 nitrogen and oxygen atoms in total. The summed E-state index contributed by atoms with van der Waals surface area (Å²) in [7, 11) is 0. The first-order valence-electron chi connectivity index (χ1n) is 7.16. The van der Waals surface area contributed by atoms with E-state index in [4.69, 9.17) is 0 Å². The molecule has 2 aromatic heterocycles. The van der Waals surface area contributed by atoms with Crippen molar-refractivity contribution in [2.45, 2.75) is 32.4 Å². The lowest BCUT2D eigenvalue weighted by atomic mass is 10.2. The van der Waals surface area contributed by atoms with Crippen molar-refractivity contribution < 1.29 is 4.79 Å². The smallest absolute Gasteiger partial charge is 0.274 e. The van der Waals surface area contributed by atoms with E-state index in [-0.39, 0.29) is 5.91 Å². The molecule has 1 amide bonds. The Morgan fingerprint density at radius 2 is 2.29 bits per heavy atom. The first kappa shape index (κ1) is 14.0. The van der Waals surface area contributed by atoms with Gasteiger partial charge in [-0.25, -0.2) is 9.97 Å². The van der Waals surface area contributed by atoms with Crippen molar-refractivity contribution in [1.82, 2.24) is 14.9 Å². The number of nitrogens with one attached hydrogen (secondary N) is 1. The molecule has 1 N–H and O–H groups in total. The van der Waals surface area contributed by atoms with Gasteiger partial charge in [0.1, 0.15) is 11.5 Å². The third kappa shape index (κ3) is 3.39. The zero-order chi connectivity index (χ0) is 14.7. The molecule has 0 unspecified atom stereocenters. The second-order valence-corrected chi connectivity index (χ2v) is 5.89. The van der Waals surface area contributed by atoms with E-state index in [2.05, 4.69) is 26.7 Å². The zero-order valence-corrected chi connectivity index (χ0v) is 12.8. The highest BCUT2D eigenvalue weighted by Crippen LogP contribution is 2.29. The van der Waals surface area contributed by atoms with Crippen LogP contribution in [0.25, 0.3) is 0 Å². The molecule has 0 spiro atoms. The number of thiophene rings is 1. The molecule has 6 heteroatoms. The highest BCUT2D eigenvalue weighted by atomic mass is 32.1. The molecule has 1 aliphatic carbocycles. The van der Waals surface area contributed by atoms with Crippen molar-refractivity contribution >= 4 is 23.1 Å². The summed E-state index contributed by atoms with van der Waals surface area (Å²) in [6, 6.07) is 2.42. The standard InChI is InChI=1S/C15H18N4OS/c1-2-16-14-8-17-13(7-18-14)15(20)19(12-3-4-12)9-11-5-6-21-10-11/h5-8,10,12H,2-4,9H2,1H3,(H,16,18). The second kappa shape index (κ2) is 6.22. The predicted octanol–water partition coefficient (Wildman–Crippen LogP) is 2.77. The minimum absolute atomic E-state index is 0.0285. The summed E-state index contributed by atoms with van der Waals surface area (Å²) >= 11 is 1.65. The van der Waals surface area contributed by atoms with Crippen LogP contribution in [0.5, 0.6) is 0 Å². The molecule has 110 valence electrons. The zero-order valence-electron chi connectivity index (χ0n) is 12.0. The summed E-state index contributed by atoms with van der Waals surface area (Å²) in [6.07, 6.45) is 5.34. The van der Waals surface area contributed by atoms with Gasteiger partial charge in [0, 0.05) is 19.1 Å². The van der Waals surface area contributed by atoms with E-state index in [1.807, 2.05) is 17.2 Å². The maximum atomic E-state index is 12.6. The lowest BCUT2D eigenvalue weighted by molar-refractivity contribution is 0.0723. The fourth-order valence-corrected chi connectivity index (χ4v) is 2.85. The van der Waals surface area contributed by atoms with Crippen LogP contribution in [-0.4, -0.2) is 33.4 Å². The summed E-state index contributed by atoms with van der Waals surface area (Å²) < 4.78 is 0. The van der Waals surface area contributed by atoms with Gasteiger partial charge in [0.05, 0.1) is 12.4 Å². The quantitative estimate of drug-likeness (QED) is 0.891. The van der Waals surface area contributed by atoms with Crippen LogP contribution >= 0.6 is 11.3 Å². The number of hydrogen-bond acceptors (Lipinski definition) is 5. The molecule has 1 fully saturated rings. The van der Waals surface area contributed by atoms with Crippen molar-refractivity contribution in [1.29, 1.82) is 0 Å². The van der Waals surface area contributed by atoms with E-state index >= 15 is 0 Å². The average molecular weight is 302 g/mol. The molecule has 1 saturated carbocycles. The van der Waals surface area contributed by atoms with Gasteiger partial charge in [0.15, 0.2) is 0 Å². The molecule has 3 rings (SSSR count). The normalized spacial score (nSPS) is 14.0. The van der Waals surface area contributed by atoms with E-state index in [1.165, 1.54) is 5.56 Å². The number of carbonyl (C=O) groups is 1. The maximum Gasteiger partial charge on any atom is 0.274 e. The van der Waals surface area contributed by atoms with E-state index in [0.29, 0.717) is 24.1 Å². The minimum Gasteiger partial charge on any atom is -0.369 e. The lowest BCUT2D eigenvalue weighted by Crippen LogP contribution is -2.33. The molecule has 0 aliphatic heterocycles. The molecule has 2 aromatic rings. The van der Waals surface area contributed by atoms with Crippen molar-refractivity contribution in [3.05, 3.63) is 40.5 Å². The number of aromatic nitrogens is 2. The summed E-state index contributed by atoms with van der Waals surface area (Å²) in [5.41, 5.74) is 1.59. The van der Waals surface area contributed by atoms with Crippen molar-refractivity contribution in [2.24, 2.45) is 0 Å². The van der Waals surface area contributed by atoms with Crippen molar-refractivity contribution in [2.75, 3.05) is 11.9 Å². The van der Waals surface area contributed by atoms with Crippen molar-refractivity contribution in [3.8, 4) is 0 Å². The van der Waals surface area contributed by atoms with Gasteiger partial charge >= 0.3 is 0 Å². The monoisotopic (exact) mass is 302 g/mol. The minimum atomic E-state index is -0.0285. The summed E-state index contributed by atoms with van der Waals surface area (Å²) in [6.45, 7) is 3.44. The van der Waals surface area contributed by atoms with Gasteiger partial charge < -0.3 is 10.2 Å². The molecule has 0 bridgehead atoms. The maximum absolute atomic E-state index is 12.6. The Morgan fingerprint density at radius 3 is 2.86 bits per heavy atom. The Bertz CT molecular complexity index is 593. The molecular formula is C15H18N4OS. The Labute approximate surface area is 128 Å². The van der Waals surface area contributed by atoms with E-state index in [9.17, 15) is 4.79 Å². The van der Waals surface area contributed by atoms with Gasteiger partial charge in [0.2, 0.25) is 0 Å². The Kier molecular flexibility index (Phi) is 4.15. The van der Waals surface area contributed by atoms with Crippen LogP contribution in [0.2, 0.25) is 0 Å². The van der Waals surface area contributed by atoms with Crippen LogP contribution < -0.4 is 5.32 Å². The molecule has 0 atom stereocenters. The van der Waals surface area contributed by atoms with E-state index in [0.717, 1.165) is 19.4 Å². The third-order valence-corrected chi connectivity index (χ3v) is 4.14. The van der Waals surface area contributed by atoms with Gasteiger partial charge in [-0.2, -0.15) is 11.3 Å². The number of nitrogens with zero attached hydrogens (tertiary/aromatic N) is 3. The SMILES string of the molecule is CCNc1cnc(C(=O)N(Cc2ccsc2)C2CC2)cn1. The number of amides is 1. The Hall–Kier alpha value is -1.95. The van der Waals surface area contributed by atoms with Crippen molar-refractivity contribution in [3.63, 3.8) is 0 Å². The fraction of sp³-hybridized carbons (Fsp3) is 0.400. The summed E-state index contributed by atoms with van der Waals surface area (Å²) in [5, 5.41) is 7.20. The summed E-state index contributed by atoms with van der Waals surface area (Å²) in [4.78, 5) is 23.0. The molecular weight excluding hydrogens is 284 g/mol. The summed E-state index contributed by atoms with van der Waals surface area (Å²) in [5.74, 6) is 0.670. The topological polar surface area (TPSA) is 58.1 Å². The Morgan fingerprint density at radius 1 is 1.43 bits per heavy atom. The van der Waals surface area contributed by atoms with Crippen LogP contribution in [0.3, 0.4) is 0 Å². The first-order valence-corrected chi connectivity index (χ1v) is 8.10. The molecule has 0 radical (unpaired) electrons. The first-order chi connectivity index (χ1) is 10.3. The molecule has 21 heavy (non-hydrogen) atoms. The number of hydrogen-bond donors (Lipinski definition) is 1. The molecule has 2 heterocycles. The van der Waals surface area contributed by atoms with Crippen LogP contribution in [0, 0.1) is 0 Å². The number of anilines is 1. The van der Waals surface area contributed by atoms with Gasteiger partial charge in [-0.1, -0.05) is 0 Å². The highest BCUT2D eigenvalue weighted by Gasteiger charge is 2.33. The van der Waals surface area contributed by atoms with E-state index < -0.39 is 0 Å². The van der Waals surface area contributed by atoms with Gasteiger partial charge in [-0.3, -0.25) is 4.79 Å². The van der Waals surface area contributed by atoms with Gasteiger partial charge in [-0.15, -0.1) is 0 Å². The number of carbonyl (C=O) groups excluding carboxylic acids is 1. The van der Waals surface area contributed by atoms with Crippen LogP contribution in [0.15, 0.2) is 29.2 Å². The average Bonchev–Trinajstić information content (AvgIpc) is 3.22. The third-order valence-electron chi connectivity index (χ3n) is 3.41. The Balaban J connectivity index is 1.74. The van der Waals surface area contributed by atoms with Gasteiger partial charge in [0.25, 0.3) is 5.91 Å². The van der Waals surface area contributed by atoms with E-state index in [1.54, 1.807) is 23.7 Å². The second-order valence-electron chi connectivity index (χ2n) is 5.11. The van der Waals surface area contributed by atoms with Crippen LogP contribution in [0.4, 0.5) is 5.82 Å².